The number of halogens is 2. The Morgan fingerprint density at radius 3 is 2.33 bits per heavy atom. The zero-order chi connectivity index (χ0) is 11.5. The molecule has 0 heterocycles. The van der Waals surface area contributed by atoms with Crippen molar-refractivity contribution >= 4 is 5.69 Å². The van der Waals surface area contributed by atoms with Gasteiger partial charge in [-0.3, -0.25) is 0 Å². The first-order valence-corrected chi connectivity index (χ1v) is 4.70. The highest BCUT2D eigenvalue weighted by molar-refractivity contribution is 5.57. The molecule has 0 unspecified atom stereocenters. The minimum Gasteiger partial charge on any atom is -0.433 e. The van der Waals surface area contributed by atoms with Crippen LogP contribution in [0.1, 0.15) is 20.8 Å². The Bertz CT molecular complexity index is 321. The average Bonchev–Trinajstić information content (AvgIpc) is 2.05. The van der Waals surface area contributed by atoms with E-state index in [1.807, 2.05) is 20.8 Å². The van der Waals surface area contributed by atoms with E-state index < -0.39 is 6.61 Å². The average molecular weight is 215 g/mol. The molecule has 1 aromatic carbocycles. The maximum atomic E-state index is 12.1. The summed E-state index contributed by atoms with van der Waals surface area (Å²) in [6.07, 6.45) is 0. The van der Waals surface area contributed by atoms with E-state index in [9.17, 15) is 8.78 Å². The lowest BCUT2D eigenvalue weighted by Gasteiger charge is -2.23. The van der Waals surface area contributed by atoms with Crippen LogP contribution in [0.25, 0.3) is 0 Å². The van der Waals surface area contributed by atoms with Gasteiger partial charge < -0.3 is 10.1 Å². The van der Waals surface area contributed by atoms with E-state index in [0.717, 1.165) is 0 Å². The van der Waals surface area contributed by atoms with Crippen molar-refractivity contribution in [2.24, 2.45) is 0 Å². The van der Waals surface area contributed by atoms with Crippen LogP contribution < -0.4 is 10.1 Å². The quantitative estimate of drug-likeness (QED) is 0.833. The molecule has 84 valence electrons. The molecule has 4 heteroatoms. The van der Waals surface area contributed by atoms with Crippen LogP contribution in [-0.2, 0) is 0 Å². The van der Waals surface area contributed by atoms with E-state index in [4.69, 9.17) is 0 Å². The summed E-state index contributed by atoms with van der Waals surface area (Å²) in [4.78, 5) is 0. The molecule has 1 N–H and O–H groups in total. The summed E-state index contributed by atoms with van der Waals surface area (Å²) < 4.78 is 28.6. The summed E-state index contributed by atoms with van der Waals surface area (Å²) >= 11 is 0. The van der Waals surface area contributed by atoms with Gasteiger partial charge in [-0.15, -0.1) is 0 Å². The number of benzene rings is 1. The first-order valence-electron chi connectivity index (χ1n) is 4.70. The van der Waals surface area contributed by atoms with Gasteiger partial charge >= 0.3 is 6.61 Å². The van der Waals surface area contributed by atoms with Crippen LogP contribution in [0.5, 0.6) is 5.75 Å². The van der Waals surface area contributed by atoms with Gasteiger partial charge in [0.05, 0.1) is 5.69 Å². The van der Waals surface area contributed by atoms with Crippen LogP contribution in [-0.4, -0.2) is 12.2 Å². The Morgan fingerprint density at radius 1 is 1.20 bits per heavy atom. The van der Waals surface area contributed by atoms with Crippen molar-refractivity contribution in [3.8, 4) is 5.75 Å². The summed E-state index contributed by atoms with van der Waals surface area (Å²) in [5.41, 5.74) is 0.381. The number of hydrogen-bond acceptors (Lipinski definition) is 2. The Kier molecular flexibility index (Phi) is 3.50. The van der Waals surface area contributed by atoms with Gasteiger partial charge in [0, 0.05) is 5.54 Å². The molecule has 0 fully saturated rings. The lowest BCUT2D eigenvalue weighted by molar-refractivity contribution is -0.0494. The zero-order valence-corrected chi connectivity index (χ0v) is 9.05. The molecule has 0 aliphatic rings. The fourth-order valence-electron chi connectivity index (χ4n) is 1.17. The van der Waals surface area contributed by atoms with Crippen molar-refractivity contribution in [3.63, 3.8) is 0 Å². The number of ether oxygens (including phenoxy) is 1. The molecule has 0 spiro atoms. The van der Waals surface area contributed by atoms with Crippen molar-refractivity contribution in [1.82, 2.24) is 0 Å². The summed E-state index contributed by atoms with van der Waals surface area (Å²) in [6.45, 7) is 3.05. The summed E-state index contributed by atoms with van der Waals surface area (Å²) in [5.74, 6) is 0.169. The van der Waals surface area contributed by atoms with Crippen LogP contribution in [0, 0.1) is 0 Å². The third-order valence-electron chi connectivity index (χ3n) is 1.61. The second kappa shape index (κ2) is 4.47. The Labute approximate surface area is 88.3 Å². The van der Waals surface area contributed by atoms with E-state index >= 15 is 0 Å². The van der Waals surface area contributed by atoms with Crippen molar-refractivity contribution in [2.45, 2.75) is 32.9 Å². The van der Waals surface area contributed by atoms with Crippen molar-refractivity contribution in [3.05, 3.63) is 24.3 Å². The highest BCUT2D eigenvalue weighted by Gasteiger charge is 2.14. The summed E-state index contributed by atoms with van der Waals surface area (Å²) in [7, 11) is 0. The SMILES string of the molecule is CC(C)(C)Nc1ccccc1OC(F)F. The lowest BCUT2D eigenvalue weighted by atomic mass is 10.1. The van der Waals surface area contributed by atoms with E-state index in [-0.39, 0.29) is 11.3 Å². The number of anilines is 1. The number of nitrogens with one attached hydrogen (secondary N) is 1. The molecule has 0 atom stereocenters. The van der Waals surface area contributed by atoms with Crippen molar-refractivity contribution in [2.75, 3.05) is 5.32 Å². The molecule has 0 saturated heterocycles. The van der Waals surface area contributed by atoms with Crippen LogP contribution >= 0.6 is 0 Å². The number of alkyl halides is 2. The molecule has 2 nitrogen and oxygen atoms in total. The van der Waals surface area contributed by atoms with Gasteiger partial charge in [0.2, 0.25) is 0 Å². The van der Waals surface area contributed by atoms with Gasteiger partial charge in [-0.2, -0.15) is 8.78 Å². The first-order chi connectivity index (χ1) is 6.88. The molecule has 0 aliphatic carbocycles. The maximum Gasteiger partial charge on any atom is 0.387 e. The zero-order valence-electron chi connectivity index (χ0n) is 9.05. The molecule has 15 heavy (non-hydrogen) atoms. The highest BCUT2D eigenvalue weighted by atomic mass is 19.3. The van der Waals surface area contributed by atoms with Gasteiger partial charge in [-0.05, 0) is 32.9 Å². The predicted molar refractivity (Wildman–Crippen MR) is 56.4 cm³/mol. The van der Waals surface area contributed by atoms with Gasteiger partial charge in [0.1, 0.15) is 5.75 Å². The molecular formula is C11H15F2NO. The topological polar surface area (TPSA) is 21.3 Å². The molecule has 0 saturated carbocycles. The fraction of sp³-hybridized carbons (Fsp3) is 0.455. The molecule has 1 aromatic rings. The number of para-hydroxylation sites is 2. The Balaban J connectivity index is 2.86. The van der Waals surface area contributed by atoms with Crippen LogP contribution in [0.4, 0.5) is 14.5 Å². The smallest absolute Gasteiger partial charge is 0.387 e. The molecule has 0 amide bonds. The van der Waals surface area contributed by atoms with Crippen LogP contribution in [0.2, 0.25) is 0 Å². The Hall–Kier alpha value is -1.32. The summed E-state index contributed by atoms with van der Waals surface area (Å²) in [5, 5.41) is 3.10. The van der Waals surface area contributed by atoms with Crippen LogP contribution in [0.15, 0.2) is 24.3 Å². The maximum absolute atomic E-state index is 12.1. The van der Waals surface area contributed by atoms with Crippen molar-refractivity contribution < 1.29 is 13.5 Å². The first kappa shape index (κ1) is 11.8. The molecule has 1 rings (SSSR count). The standard InChI is InChI=1S/C11H15F2NO/c1-11(2,3)14-8-6-4-5-7-9(8)15-10(12)13/h4-7,10,14H,1-3H3. The van der Waals surface area contributed by atoms with E-state index in [2.05, 4.69) is 10.1 Å². The predicted octanol–water partition coefficient (Wildman–Crippen LogP) is 3.50. The molecule has 0 radical (unpaired) electrons. The molecule has 0 bridgehead atoms. The van der Waals surface area contributed by atoms with Gasteiger partial charge in [0.15, 0.2) is 0 Å². The minimum absolute atomic E-state index is 0.169. The monoisotopic (exact) mass is 215 g/mol. The number of rotatable bonds is 3. The summed E-state index contributed by atoms with van der Waals surface area (Å²) in [6, 6.07) is 6.65. The third-order valence-corrected chi connectivity index (χ3v) is 1.61. The van der Waals surface area contributed by atoms with Gasteiger partial charge in [0.25, 0.3) is 0 Å². The van der Waals surface area contributed by atoms with E-state index in [1.54, 1.807) is 18.2 Å². The van der Waals surface area contributed by atoms with Gasteiger partial charge in [-0.1, -0.05) is 12.1 Å². The van der Waals surface area contributed by atoms with E-state index in [0.29, 0.717) is 5.69 Å². The third kappa shape index (κ3) is 4.14. The second-order valence-electron chi connectivity index (χ2n) is 4.25. The molecular weight excluding hydrogens is 200 g/mol. The largest absolute Gasteiger partial charge is 0.433 e. The van der Waals surface area contributed by atoms with Crippen molar-refractivity contribution in [1.29, 1.82) is 0 Å². The lowest BCUT2D eigenvalue weighted by Crippen LogP contribution is -2.26. The molecule has 0 aliphatic heterocycles. The van der Waals surface area contributed by atoms with Gasteiger partial charge in [-0.25, -0.2) is 0 Å². The number of hydrogen-bond donors (Lipinski definition) is 1. The second-order valence-corrected chi connectivity index (χ2v) is 4.25. The van der Waals surface area contributed by atoms with Crippen LogP contribution in [0.3, 0.4) is 0 Å². The molecule has 0 aromatic heterocycles. The highest BCUT2D eigenvalue weighted by Crippen LogP contribution is 2.27. The Morgan fingerprint density at radius 2 is 1.80 bits per heavy atom. The normalized spacial score (nSPS) is 11.6. The van der Waals surface area contributed by atoms with E-state index in [1.165, 1.54) is 6.07 Å². The fourth-order valence-corrected chi connectivity index (χ4v) is 1.17. The minimum atomic E-state index is -2.80.